The largest absolute Gasteiger partial charge is 0.497 e. The molecule has 0 aromatic heterocycles. The van der Waals surface area contributed by atoms with Crippen molar-refractivity contribution in [1.29, 1.82) is 0 Å². The van der Waals surface area contributed by atoms with E-state index in [1.165, 1.54) is 0 Å². The molecule has 6 heteroatoms. The maximum atomic E-state index is 11.8. The third kappa shape index (κ3) is 3.39. The molecular formula is C19H22N2O4. The van der Waals surface area contributed by atoms with Crippen molar-refractivity contribution in [2.75, 3.05) is 18.6 Å². The third-order valence-corrected chi connectivity index (χ3v) is 4.42. The number of ether oxygens (including phenoxy) is 2. The summed E-state index contributed by atoms with van der Waals surface area (Å²) in [5, 5.41) is 8.89. The molecule has 2 aromatic carbocycles. The highest BCUT2D eigenvalue weighted by Gasteiger charge is 2.34. The van der Waals surface area contributed by atoms with E-state index in [4.69, 9.17) is 14.7 Å². The molecule has 2 N–H and O–H groups in total. The van der Waals surface area contributed by atoms with Gasteiger partial charge in [0.25, 0.3) is 5.91 Å². The predicted octanol–water partition coefficient (Wildman–Crippen LogP) is 2.99. The van der Waals surface area contributed by atoms with E-state index >= 15 is 0 Å². The van der Waals surface area contributed by atoms with Crippen molar-refractivity contribution in [3.8, 4) is 11.5 Å². The van der Waals surface area contributed by atoms with Gasteiger partial charge in [-0.3, -0.25) is 10.0 Å². The molecule has 0 unspecified atom stereocenters. The summed E-state index contributed by atoms with van der Waals surface area (Å²) in [4.78, 5) is 14.0. The second-order valence-corrected chi connectivity index (χ2v) is 6.66. The van der Waals surface area contributed by atoms with Crippen molar-refractivity contribution in [1.82, 2.24) is 5.48 Å². The number of carbonyl (C=O) groups is 1. The monoisotopic (exact) mass is 342 g/mol. The van der Waals surface area contributed by atoms with Gasteiger partial charge in [-0.25, -0.2) is 5.48 Å². The molecule has 25 heavy (non-hydrogen) atoms. The van der Waals surface area contributed by atoms with Crippen molar-refractivity contribution in [3.63, 3.8) is 0 Å². The van der Waals surface area contributed by atoms with Gasteiger partial charge in [0.2, 0.25) is 0 Å². The fourth-order valence-electron chi connectivity index (χ4n) is 2.93. The summed E-state index contributed by atoms with van der Waals surface area (Å²) < 4.78 is 11.1. The molecule has 6 nitrogen and oxygen atoms in total. The molecule has 2 aromatic rings. The highest BCUT2D eigenvalue weighted by molar-refractivity contribution is 5.95. The zero-order chi connectivity index (χ0) is 18.0. The number of fused-ring (bicyclic) bond motifs is 1. The predicted molar refractivity (Wildman–Crippen MR) is 94.4 cm³/mol. The Balaban J connectivity index is 1.97. The Morgan fingerprint density at radius 2 is 2.00 bits per heavy atom. The van der Waals surface area contributed by atoms with E-state index in [-0.39, 0.29) is 5.54 Å². The molecular weight excluding hydrogens is 320 g/mol. The summed E-state index contributed by atoms with van der Waals surface area (Å²) in [5.41, 5.74) is 3.75. The van der Waals surface area contributed by atoms with Gasteiger partial charge in [0.15, 0.2) is 0 Å². The van der Waals surface area contributed by atoms with E-state index in [0.29, 0.717) is 18.7 Å². The summed E-state index contributed by atoms with van der Waals surface area (Å²) in [6.45, 7) is 5.40. The van der Waals surface area contributed by atoms with E-state index in [2.05, 4.69) is 18.7 Å². The number of benzene rings is 2. The number of nitrogens with zero attached hydrogens (tertiary/aromatic N) is 1. The van der Waals surface area contributed by atoms with Crippen LogP contribution in [0.4, 0.5) is 5.69 Å². The van der Waals surface area contributed by atoms with Crippen molar-refractivity contribution >= 4 is 11.6 Å². The Labute approximate surface area is 146 Å². The number of rotatable bonds is 4. The third-order valence-electron chi connectivity index (χ3n) is 4.42. The Morgan fingerprint density at radius 3 is 2.64 bits per heavy atom. The summed E-state index contributed by atoms with van der Waals surface area (Å²) in [7, 11) is 1.64. The molecule has 0 atom stereocenters. The molecule has 0 saturated carbocycles. The number of nitrogens with one attached hydrogen (secondary N) is 1. The zero-order valence-electron chi connectivity index (χ0n) is 14.6. The minimum Gasteiger partial charge on any atom is -0.497 e. The van der Waals surface area contributed by atoms with Gasteiger partial charge in [0.1, 0.15) is 18.1 Å². The minimum atomic E-state index is -0.546. The number of hydrogen-bond donors (Lipinski definition) is 2. The summed E-state index contributed by atoms with van der Waals surface area (Å²) >= 11 is 0. The number of hydrogen-bond acceptors (Lipinski definition) is 5. The lowest BCUT2D eigenvalue weighted by molar-refractivity contribution is 0.0706. The summed E-state index contributed by atoms with van der Waals surface area (Å²) in [5.74, 6) is 0.991. The van der Waals surface area contributed by atoms with Crippen LogP contribution in [-0.4, -0.2) is 30.4 Å². The Morgan fingerprint density at radius 1 is 1.28 bits per heavy atom. The zero-order valence-corrected chi connectivity index (χ0v) is 14.6. The van der Waals surface area contributed by atoms with Crippen molar-refractivity contribution in [3.05, 3.63) is 53.6 Å². The van der Waals surface area contributed by atoms with Crippen LogP contribution in [0.5, 0.6) is 11.5 Å². The van der Waals surface area contributed by atoms with Gasteiger partial charge < -0.3 is 14.4 Å². The van der Waals surface area contributed by atoms with Gasteiger partial charge in [0.05, 0.1) is 18.3 Å². The van der Waals surface area contributed by atoms with Crippen LogP contribution in [0.1, 0.15) is 29.8 Å². The van der Waals surface area contributed by atoms with Crippen molar-refractivity contribution in [2.24, 2.45) is 0 Å². The Kier molecular flexibility index (Phi) is 4.55. The maximum absolute atomic E-state index is 11.8. The van der Waals surface area contributed by atoms with Gasteiger partial charge >= 0.3 is 0 Å². The van der Waals surface area contributed by atoms with Gasteiger partial charge in [-0.2, -0.15) is 0 Å². The highest BCUT2D eigenvalue weighted by Crippen LogP contribution is 2.39. The van der Waals surface area contributed by atoms with Crippen LogP contribution >= 0.6 is 0 Å². The van der Waals surface area contributed by atoms with Gasteiger partial charge in [-0.05, 0) is 49.7 Å². The number of anilines is 1. The fourth-order valence-corrected chi connectivity index (χ4v) is 2.93. The van der Waals surface area contributed by atoms with Crippen LogP contribution in [0.3, 0.4) is 0 Å². The molecule has 0 fully saturated rings. The molecule has 0 saturated heterocycles. The van der Waals surface area contributed by atoms with Gasteiger partial charge in [-0.15, -0.1) is 0 Å². The van der Waals surface area contributed by atoms with Crippen LogP contribution in [0.15, 0.2) is 42.5 Å². The van der Waals surface area contributed by atoms with Crippen LogP contribution in [0, 0.1) is 0 Å². The average Bonchev–Trinajstić information content (AvgIpc) is 2.63. The molecule has 1 heterocycles. The SMILES string of the molecule is COc1ccc(CN2c3cc(C(=O)NO)ccc3OCC2(C)C)cc1. The summed E-state index contributed by atoms with van der Waals surface area (Å²) in [6.07, 6.45) is 0. The smallest absolute Gasteiger partial charge is 0.274 e. The number of hydroxylamine groups is 1. The molecule has 1 amide bonds. The highest BCUT2D eigenvalue weighted by atomic mass is 16.5. The lowest BCUT2D eigenvalue weighted by Crippen LogP contribution is -2.51. The maximum Gasteiger partial charge on any atom is 0.274 e. The first-order valence-electron chi connectivity index (χ1n) is 8.06. The Hall–Kier alpha value is -2.73. The normalized spacial score (nSPS) is 15.1. The number of methoxy groups -OCH3 is 1. The standard InChI is InChI=1S/C19H22N2O4/c1-19(2)12-25-17-9-6-14(18(22)20-23)10-16(17)21(19)11-13-4-7-15(24-3)8-5-13/h4-10,23H,11-12H2,1-3H3,(H,20,22). The van der Waals surface area contributed by atoms with E-state index in [1.54, 1.807) is 30.8 Å². The number of amides is 1. The van der Waals surface area contributed by atoms with Crippen molar-refractivity contribution in [2.45, 2.75) is 25.9 Å². The molecule has 0 spiro atoms. The quantitative estimate of drug-likeness (QED) is 0.660. The topological polar surface area (TPSA) is 71.0 Å². The van der Waals surface area contributed by atoms with Gasteiger partial charge in [0, 0.05) is 12.1 Å². The second-order valence-electron chi connectivity index (χ2n) is 6.66. The van der Waals surface area contributed by atoms with Crippen LogP contribution < -0.4 is 19.9 Å². The lowest BCUT2D eigenvalue weighted by atomic mass is 9.98. The molecule has 1 aliphatic rings. The van der Waals surface area contributed by atoms with E-state index in [0.717, 1.165) is 22.7 Å². The van der Waals surface area contributed by atoms with Crippen LogP contribution in [0.2, 0.25) is 0 Å². The average molecular weight is 342 g/mol. The summed E-state index contributed by atoms with van der Waals surface area (Å²) in [6, 6.07) is 13.0. The minimum absolute atomic E-state index is 0.249. The molecule has 0 bridgehead atoms. The molecule has 0 radical (unpaired) electrons. The van der Waals surface area contributed by atoms with E-state index in [1.807, 2.05) is 24.3 Å². The molecule has 3 rings (SSSR count). The second kappa shape index (κ2) is 6.64. The molecule has 132 valence electrons. The Bertz CT molecular complexity index is 771. The first-order chi connectivity index (χ1) is 11.9. The number of carbonyl (C=O) groups excluding carboxylic acids is 1. The van der Waals surface area contributed by atoms with Gasteiger partial charge in [-0.1, -0.05) is 12.1 Å². The van der Waals surface area contributed by atoms with Crippen LogP contribution in [0.25, 0.3) is 0 Å². The van der Waals surface area contributed by atoms with Crippen molar-refractivity contribution < 1.29 is 19.5 Å². The van der Waals surface area contributed by atoms with E-state index in [9.17, 15) is 4.79 Å². The van der Waals surface area contributed by atoms with E-state index < -0.39 is 5.91 Å². The lowest BCUT2D eigenvalue weighted by Gasteiger charge is -2.44. The molecule has 1 aliphatic heterocycles. The first-order valence-corrected chi connectivity index (χ1v) is 8.06. The fraction of sp³-hybridized carbons (Fsp3) is 0.316. The first kappa shape index (κ1) is 17.1. The van der Waals surface area contributed by atoms with Crippen LogP contribution in [-0.2, 0) is 6.54 Å². The molecule has 0 aliphatic carbocycles.